The third kappa shape index (κ3) is 5.65. The van der Waals surface area contributed by atoms with Gasteiger partial charge in [0.1, 0.15) is 0 Å². The minimum Gasteiger partial charge on any atom is -0.490 e. The fraction of sp³-hybridized carbons (Fsp3) is 0.115. The minimum absolute atomic E-state index is 0.163. The molecule has 0 bridgehead atoms. The van der Waals surface area contributed by atoms with Gasteiger partial charge in [-0.1, -0.05) is 66.4 Å². The maximum absolute atomic E-state index is 13.0. The molecule has 1 N–H and O–H groups in total. The second kappa shape index (κ2) is 11.0. The normalized spacial score (nSPS) is 14.4. The van der Waals surface area contributed by atoms with Gasteiger partial charge in [-0.2, -0.15) is 0 Å². The summed E-state index contributed by atoms with van der Waals surface area (Å²) >= 11 is 6.69. The van der Waals surface area contributed by atoms with E-state index in [0.29, 0.717) is 33.0 Å². The molecule has 8 heteroatoms. The first-order valence-corrected chi connectivity index (χ1v) is 11.8. The number of hydrogen-bond donors (Lipinski definition) is 1. The number of hydrogen-bond acceptors (Lipinski definition) is 6. The third-order valence-corrected chi connectivity index (χ3v) is 6.09. The zero-order valence-corrected chi connectivity index (χ0v) is 20.0. The van der Waals surface area contributed by atoms with E-state index in [4.69, 9.17) is 21.7 Å². The van der Waals surface area contributed by atoms with Crippen LogP contribution < -0.4 is 19.7 Å². The molecule has 34 heavy (non-hydrogen) atoms. The van der Waals surface area contributed by atoms with E-state index >= 15 is 0 Å². The van der Waals surface area contributed by atoms with Crippen LogP contribution in [0.3, 0.4) is 0 Å². The number of carbonyl (C=O) groups is 2. The number of para-hydroxylation sites is 2. The Morgan fingerprint density at radius 2 is 1.71 bits per heavy atom. The number of thiocarbonyl (C=S) groups is 1. The molecular weight excluding hydrogens is 468 g/mol. The summed E-state index contributed by atoms with van der Waals surface area (Å²) in [4.78, 5) is 27.2. The van der Waals surface area contributed by atoms with E-state index in [1.807, 2.05) is 61.5 Å². The lowest BCUT2D eigenvalue weighted by Gasteiger charge is -2.14. The molecule has 6 nitrogen and oxygen atoms in total. The molecule has 0 atom stereocenters. The molecule has 0 aromatic heterocycles. The van der Waals surface area contributed by atoms with Crippen LogP contribution in [0, 0.1) is 0 Å². The Morgan fingerprint density at radius 3 is 2.41 bits per heavy atom. The van der Waals surface area contributed by atoms with Crippen LogP contribution in [-0.4, -0.2) is 29.3 Å². The molecule has 2 amide bonds. The van der Waals surface area contributed by atoms with Crippen molar-refractivity contribution in [1.82, 2.24) is 0 Å². The summed E-state index contributed by atoms with van der Waals surface area (Å²) < 4.78 is 11.9. The highest BCUT2D eigenvalue weighted by atomic mass is 32.2. The lowest BCUT2D eigenvalue weighted by molar-refractivity contribution is -0.118. The molecule has 1 heterocycles. The summed E-state index contributed by atoms with van der Waals surface area (Å²) in [6.07, 6.45) is 1.77. The Labute approximate surface area is 207 Å². The molecular formula is C26H22N2O4S2. The minimum atomic E-state index is -0.276. The van der Waals surface area contributed by atoms with Gasteiger partial charge in [0, 0.05) is 5.69 Å². The number of ether oxygens (including phenoxy) is 2. The maximum atomic E-state index is 13.0. The molecule has 3 aromatic rings. The van der Waals surface area contributed by atoms with Gasteiger partial charge in [-0.15, -0.1) is 0 Å². The first-order valence-electron chi connectivity index (χ1n) is 10.6. The number of benzene rings is 3. The summed E-state index contributed by atoms with van der Waals surface area (Å²) in [5.41, 5.74) is 2.20. The van der Waals surface area contributed by atoms with Crippen molar-refractivity contribution in [2.75, 3.05) is 23.4 Å². The van der Waals surface area contributed by atoms with Gasteiger partial charge in [-0.05, 0) is 55.0 Å². The van der Waals surface area contributed by atoms with Crippen molar-refractivity contribution < 1.29 is 19.1 Å². The second-order valence-corrected chi connectivity index (χ2v) is 8.87. The zero-order valence-electron chi connectivity index (χ0n) is 18.4. The number of nitrogens with one attached hydrogen (secondary N) is 1. The van der Waals surface area contributed by atoms with Crippen molar-refractivity contribution in [3.63, 3.8) is 0 Å². The van der Waals surface area contributed by atoms with E-state index < -0.39 is 0 Å². The first-order chi connectivity index (χ1) is 16.5. The van der Waals surface area contributed by atoms with Gasteiger partial charge < -0.3 is 14.8 Å². The quantitative estimate of drug-likeness (QED) is 0.332. The molecule has 172 valence electrons. The summed E-state index contributed by atoms with van der Waals surface area (Å²) in [6, 6.07) is 23.8. The molecule has 1 aliphatic rings. The van der Waals surface area contributed by atoms with E-state index in [0.717, 1.165) is 11.3 Å². The molecule has 0 spiro atoms. The van der Waals surface area contributed by atoms with Crippen LogP contribution in [0.5, 0.6) is 11.5 Å². The smallest absolute Gasteiger partial charge is 0.270 e. The largest absolute Gasteiger partial charge is 0.490 e. The lowest BCUT2D eigenvalue weighted by atomic mass is 10.1. The molecule has 0 aliphatic carbocycles. The highest BCUT2D eigenvalue weighted by molar-refractivity contribution is 8.27. The van der Waals surface area contributed by atoms with Gasteiger partial charge in [0.2, 0.25) is 0 Å². The summed E-state index contributed by atoms with van der Waals surface area (Å²) in [7, 11) is 0. The van der Waals surface area contributed by atoms with Crippen LogP contribution in [0.2, 0.25) is 0 Å². The fourth-order valence-electron chi connectivity index (χ4n) is 3.28. The Hall–Kier alpha value is -3.62. The van der Waals surface area contributed by atoms with E-state index in [9.17, 15) is 9.59 Å². The average molecular weight is 491 g/mol. The number of thioether (sulfide) groups is 1. The van der Waals surface area contributed by atoms with Crippen LogP contribution in [0.4, 0.5) is 11.4 Å². The van der Waals surface area contributed by atoms with E-state index in [1.165, 1.54) is 16.7 Å². The number of nitrogens with zero attached hydrogens (tertiary/aromatic N) is 1. The Kier molecular flexibility index (Phi) is 7.61. The molecule has 1 saturated heterocycles. The predicted octanol–water partition coefficient (Wildman–Crippen LogP) is 5.51. The molecule has 0 radical (unpaired) electrons. The molecule has 0 unspecified atom stereocenters. The highest BCUT2D eigenvalue weighted by Crippen LogP contribution is 2.37. The van der Waals surface area contributed by atoms with E-state index in [1.54, 1.807) is 30.3 Å². The number of rotatable bonds is 8. The van der Waals surface area contributed by atoms with Crippen LogP contribution in [0.15, 0.2) is 83.8 Å². The van der Waals surface area contributed by atoms with Crippen molar-refractivity contribution in [3.8, 4) is 11.5 Å². The molecule has 1 aliphatic heterocycles. The van der Waals surface area contributed by atoms with Gasteiger partial charge in [0.05, 0.1) is 17.2 Å². The number of carbonyl (C=O) groups excluding carboxylic acids is 2. The van der Waals surface area contributed by atoms with Crippen LogP contribution in [0.25, 0.3) is 6.08 Å². The average Bonchev–Trinajstić information content (AvgIpc) is 3.12. The number of anilines is 2. The molecule has 3 aromatic carbocycles. The molecule has 0 saturated carbocycles. The topological polar surface area (TPSA) is 67.9 Å². The van der Waals surface area contributed by atoms with Crippen molar-refractivity contribution in [2.24, 2.45) is 0 Å². The van der Waals surface area contributed by atoms with Crippen molar-refractivity contribution in [3.05, 3.63) is 89.3 Å². The van der Waals surface area contributed by atoms with Gasteiger partial charge in [0.25, 0.3) is 11.8 Å². The Morgan fingerprint density at radius 1 is 1.00 bits per heavy atom. The van der Waals surface area contributed by atoms with E-state index in [-0.39, 0.29) is 18.4 Å². The highest BCUT2D eigenvalue weighted by Gasteiger charge is 2.33. The summed E-state index contributed by atoms with van der Waals surface area (Å²) in [5.74, 6) is 0.487. The summed E-state index contributed by atoms with van der Waals surface area (Å²) in [5, 5.41) is 2.78. The maximum Gasteiger partial charge on any atom is 0.270 e. The van der Waals surface area contributed by atoms with Crippen molar-refractivity contribution in [2.45, 2.75) is 6.92 Å². The van der Waals surface area contributed by atoms with Crippen LogP contribution >= 0.6 is 24.0 Å². The van der Waals surface area contributed by atoms with Crippen molar-refractivity contribution >= 4 is 57.6 Å². The third-order valence-electron chi connectivity index (χ3n) is 4.79. The lowest BCUT2D eigenvalue weighted by Crippen LogP contribution is -2.27. The first kappa shape index (κ1) is 23.5. The van der Waals surface area contributed by atoms with Crippen LogP contribution in [0.1, 0.15) is 12.5 Å². The van der Waals surface area contributed by atoms with Gasteiger partial charge in [-0.25, -0.2) is 0 Å². The Balaban J connectivity index is 1.48. The summed E-state index contributed by atoms with van der Waals surface area (Å²) in [6.45, 7) is 2.12. The SMILES string of the molecule is CCOc1cc(/C=C2\SC(=S)N(c3ccccc3)C2=O)ccc1OCC(=O)Nc1ccccc1. The second-order valence-electron chi connectivity index (χ2n) is 7.19. The van der Waals surface area contributed by atoms with Gasteiger partial charge >= 0.3 is 0 Å². The van der Waals surface area contributed by atoms with Gasteiger partial charge in [0.15, 0.2) is 22.4 Å². The standard InChI is InChI=1S/C26H22N2O4S2/c1-2-31-22-15-18(13-14-21(22)32-17-24(29)27-19-9-5-3-6-10-19)16-23-25(30)28(26(33)34-23)20-11-7-4-8-12-20/h3-16H,2,17H2,1H3,(H,27,29)/b23-16-. The van der Waals surface area contributed by atoms with Crippen molar-refractivity contribution in [1.29, 1.82) is 0 Å². The predicted molar refractivity (Wildman–Crippen MR) is 140 cm³/mol. The van der Waals surface area contributed by atoms with E-state index in [2.05, 4.69) is 5.32 Å². The fourth-order valence-corrected chi connectivity index (χ4v) is 4.58. The Bertz CT molecular complexity index is 1230. The zero-order chi connectivity index (χ0) is 23.9. The van der Waals surface area contributed by atoms with Crippen LogP contribution in [-0.2, 0) is 9.59 Å². The van der Waals surface area contributed by atoms with Gasteiger partial charge in [-0.3, -0.25) is 14.5 Å². The molecule has 4 rings (SSSR count). The number of amides is 2. The molecule has 1 fully saturated rings. The monoisotopic (exact) mass is 490 g/mol.